The second-order valence-corrected chi connectivity index (χ2v) is 3.25. The van der Waals surface area contributed by atoms with Crippen molar-refractivity contribution < 1.29 is 13.9 Å². The Kier molecular flexibility index (Phi) is 6.86. The Hall–Kier alpha value is -0.505. The fourth-order valence-corrected chi connectivity index (χ4v) is 1.59. The van der Waals surface area contributed by atoms with Crippen LogP contribution in [0.1, 0.15) is 12.8 Å². The minimum absolute atomic E-state index is 1.15. The van der Waals surface area contributed by atoms with E-state index in [1.165, 1.54) is 30.4 Å². The van der Waals surface area contributed by atoms with Gasteiger partial charge in [0.1, 0.15) is 0 Å². The average molecular weight is 175 g/mol. The van der Waals surface area contributed by atoms with E-state index in [2.05, 4.69) is 22.8 Å². The zero-order valence-electron chi connectivity index (χ0n) is 8.63. The summed E-state index contributed by atoms with van der Waals surface area (Å²) >= 11 is 0. The summed E-state index contributed by atoms with van der Waals surface area (Å²) in [5.74, 6) is 0. The molecule has 1 rings (SSSR count). The molecule has 0 N–H and O–H groups in total. The third-order valence-corrected chi connectivity index (χ3v) is 2.22. The number of hydrogen-bond acceptors (Lipinski definition) is 1. The Morgan fingerprint density at radius 1 is 1.58 bits per heavy atom. The van der Waals surface area contributed by atoms with Gasteiger partial charge in [-0.1, -0.05) is 6.58 Å². The number of quaternary nitrogens is 1. The van der Waals surface area contributed by atoms with Crippen molar-refractivity contribution in [3.63, 3.8) is 0 Å². The van der Waals surface area contributed by atoms with Crippen LogP contribution in [0.2, 0.25) is 0 Å². The summed E-state index contributed by atoms with van der Waals surface area (Å²) in [7, 11) is 5.56. The van der Waals surface area contributed by atoms with E-state index in [9.17, 15) is 0 Å². The molecule has 1 saturated heterocycles. The molecule has 1 aliphatic heterocycles. The molecule has 69 valence electrons. The van der Waals surface area contributed by atoms with Gasteiger partial charge in [-0.2, -0.15) is 0 Å². The Labute approximate surface area is 76.2 Å². The van der Waals surface area contributed by atoms with Crippen LogP contribution in [0, 0.1) is 0 Å². The van der Waals surface area contributed by atoms with E-state index in [4.69, 9.17) is 9.42 Å². The summed E-state index contributed by atoms with van der Waals surface area (Å²) in [6, 6.07) is 0. The van der Waals surface area contributed by atoms with Crippen LogP contribution in [0.3, 0.4) is 0 Å². The van der Waals surface area contributed by atoms with Crippen LogP contribution in [-0.4, -0.2) is 40.3 Å². The number of likely N-dealkylation sites (tertiary alicyclic amines) is 1. The molecule has 2 nitrogen and oxygen atoms in total. The molecule has 1 heterocycles. The van der Waals surface area contributed by atoms with Gasteiger partial charge in [-0.15, -0.1) is 0 Å². The molecule has 1 aliphatic rings. The van der Waals surface area contributed by atoms with Gasteiger partial charge in [0.15, 0.2) is 0 Å². The molecule has 0 amide bonds. The second-order valence-electron chi connectivity index (χ2n) is 3.25. The molecule has 0 spiro atoms. The van der Waals surface area contributed by atoms with Crippen LogP contribution in [0.5, 0.6) is 0 Å². The molecule has 0 aromatic rings. The summed E-state index contributed by atoms with van der Waals surface area (Å²) in [5.41, 5.74) is 0. The number of likely N-dealkylation sites (N-methyl/N-ethyl adjacent to an activating group) is 1. The van der Waals surface area contributed by atoms with Crippen molar-refractivity contribution in [3.05, 3.63) is 12.7 Å². The molecule has 0 aromatic carbocycles. The van der Waals surface area contributed by atoms with E-state index >= 15 is 0 Å². The summed E-state index contributed by atoms with van der Waals surface area (Å²) in [4.78, 5) is 0. The van der Waals surface area contributed by atoms with Gasteiger partial charge in [0.2, 0.25) is 0 Å². The Bertz CT molecular complexity index is 131. The molecule has 0 unspecified atom stereocenters. The SMILES string of the molecule is C=CC[N+]1(C)CCCC1.[3H]F.[B]=O. The van der Waals surface area contributed by atoms with Crippen LogP contribution < -0.4 is 0 Å². The number of hydrogen-bond donors (Lipinski definition) is 0. The summed E-state index contributed by atoms with van der Waals surface area (Å²) in [6.07, 6.45) is 4.85. The van der Waals surface area contributed by atoms with Gasteiger partial charge in [0.25, 0.3) is 1.45 Å². The number of rotatable bonds is 2. The molecule has 0 aliphatic carbocycles. The summed E-state index contributed by atoms with van der Waals surface area (Å²) < 4.78 is 22.0. The molecule has 0 bridgehead atoms. The normalized spacial score (nSPS) is 18.9. The number of nitrogens with zero attached hydrogens (tertiary/aromatic N) is 1. The van der Waals surface area contributed by atoms with Crippen molar-refractivity contribution in [2.75, 3.05) is 26.7 Å². The van der Waals surface area contributed by atoms with Crippen LogP contribution >= 0.6 is 0 Å². The van der Waals surface area contributed by atoms with Gasteiger partial charge >= 0.3 is 12.4 Å². The third-order valence-electron chi connectivity index (χ3n) is 2.22. The van der Waals surface area contributed by atoms with Crippen molar-refractivity contribution in [1.82, 2.24) is 0 Å². The van der Waals surface area contributed by atoms with E-state index in [-0.39, 0.29) is 0 Å². The molecular formula is C8H17BFNO+. The Balaban J connectivity index is 0. The predicted octanol–water partition coefficient (Wildman–Crippen LogP) is 1.07. The average Bonchev–Trinajstić information content (AvgIpc) is 2.60. The first-order chi connectivity index (χ1) is 6.27. The Morgan fingerprint density at radius 3 is 2.33 bits per heavy atom. The molecule has 1 radical (unpaired) electrons. The Morgan fingerprint density at radius 2 is 2.00 bits per heavy atom. The van der Waals surface area contributed by atoms with Crippen LogP contribution in [-0.2, 0) is 4.70 Å². The van der Waals surface area contributed by atoms with E-state index < -0.39 is 0 Å². The van der Waals surface area contributed by atoms with Crippen molar-refractivity contribution in [1.29, 1.82) is 1.45 Å². The van der Waals surface area contributed by atoms with E-state index in [0.717, 1.165) is 6.54 Å². The maximum absolute atomic E-state index is 8.75. The van der Waals surface area contributed by atoms with E-state index in [0.29, 0.717) is 0 Å². The molecule has 0 atom stereocenters. The molecule has 12 heavy (non-hydrogen) atoms. The first-order valence-corrected chi connectivity index (χ1v) is 3.95. The second kappa shape index (κ2) is 7.16. The maximum atomic E-state index is 8.75. The monoisotopic (exact) mass is 175 g/mol. The fourth-order valence-electron chi connectivity index (χ4n) is 1.59. The summed E-state index contributed by atoms with van der Waals surface area (Å²) in [6.45, 7) is 7.61. The van der Waals surface area contributed by atoms with Crippen LogP contribution in [0.15, 0.2) is 12.7 Å². The minimum atomic E-state index is 1.15. The number of halogens is 1. The van der Waals surface area contributed by atoms with Gasteiger partial charge in [-0.3, -0.25) is 4.72 Å². The van der Waals surface area contributed by atoms with E-state index in [1.54, 1.807) is 0 Å². The zero-order chi connectivity index (χ0) is 10.7. The van der Waals surface area contributed by atoms with Gasteiger partial charge in [0.05, 0.1) is 26.7 Å². The first-order valence-electron chi connectivity index (χ1n) is 4.33. The van der Waals surface area contributed by atoms with Gasteiger partial charge in [0, 0.05) is 12.8 Å². The first kappa shape index (κ1) is 11.5. The molecule has 0 saturated carbocycles. The molecule has 0 aromatic heterocycles. The van der Waals surface area contributed by atoms with Crippen molar-refractivity contribution in [2.24, 2.45) is 0 Å². The topological polar surface area (TPSA) is 17.1 Å². The van der Waals surface area contributed by atoms with E-state index in [1.807, 2.05) is 6.08 Å². The summed E-state index contributed by atoms with van der Waals surface area (Å²) in [5, 5.41) is 0. The van der Waals surface area contributed by atoms with Crippen LogP contribution in [0.25, 0.3) is 0 Å². The van der Waals surface area contributed by atoms with Crippen molar-refractivity contribution >= 4 is 7.72 Å². The third kappa shape index (κ3) is 4.39. The van der Waals surface area contributed by atoms with Gasteiger partial charge < -0.3 is 4.48 Å². The zero-order valence-corrected chi connectivity index (χ0v) is 7.63. The standard InChI is InChI=1S/C8H16N.BO.FH/c1-3-6-9(2)7-4-5-8-9;1-2;/h3H,1,4-8H2,2H3;;1H/q+1;;/i/hT. The molecule has 4 heteroatoms. The predicted molar refractivity (Wildman–Crippen MR) is 49.2 cm³/mol. The molecule has 1 fully saturated rings. The van der Waals surface area contributed by atoms with Gasteiger partial charge in [-0.05, 0) is 6.08 Å². The fraction of sp³-hybridized carbons (Fsp3) is 0.750. The quantitative estimate of drug-likeness (QED) is 0.348. The van der Waals surface area contributed by atoms with Crippen molar-refractivity contribution in [2.45, 2.75) is 12.8 Å². The van der Waals surface area contributed by atoms with Crippen molar-refractivity contribution in [3.8, 4) is 0 Å². The molecular weight excluding hydrogens is 156 g/mol. The van der Waals surface area contributed by atoms with Crippen LogP contribution in [0.4, 0.5) is 4.72 Å². The van der Waals surface area contributed by atoms with Gasteiger partial charge in [-0.25, -0.2) is 0 Å².